The molecule has 13 N–H and O–H groups in total. The second kappa shape index (κ2) is 10.4. The van der Waals surface area contributed by atoms with E-state index in [0.717, 1.165) is 0 Å². The van der Waals surface area contributed by atoms with E-state index in [9.17, 15) is 35.4 Å². The fraction of sp³-hybridized carbons (Fsp3) is 0.938. The van der Waals surface area contributed by atoms with Crippen molar-refractivity contribution >= 4 is 5.91 Å². The van der Waals surface area contributed by atoms with Crippen molar-refractivity contribution in [3.63, 3.8) is 0 Å². The Morgan fingerprint density at radius 1 is 1.14 bits per heavy atom. The molecule has 0 spiro atoms. The molecular weight excluding hydrogens is 392 g/mol. The number of nitrogens with one attached hydrogen (secondary N) is 1. The molecule has 13 nitrogen and oxygen atoms in total. The number of rotatable bonds is 7. The zero-order valence-electron chi connectivity index (χ0n) is 15.8. The van der Waals surface area contributed by atoms with Gasteiger partial charge in [-0.15, -0.1) is 0 Å². The zero-order valence-corrected chi connectivity index (χ0v) is 15.8. The van der Waals surface area contributed by atoms with Crippen molar-refractivity contribution in [1.82, 2.24) is 5.32 Å². The molecule has 1 heterocycles. The number of amides is 1. The Morgan fingerprint density at radius 2 is 1.79 bits per heavy atom. The summed E-state index contributed by atoms with van der Waals surface area (Å²) in [6, 6.07) is -3.02. The normalized spacial score (nSPS) is 44.3. The third-order valence-electron chi connectivity index (χ3n) is 5.34. The first-order chi connectivity index (χ1) is 13.6. The van der Waals surface area contributed by atoms with Gasteiger partial charge < -0.3 is 62.6 Å². The van der Waals surface area contributed by atoms with Gasteiger partial charge in [0, 0.05) is 6.04 Å². The first-order valence-electron chi connectivity index (χ1n) is 9.46. The maximum absolute atomic E-state index is 11.9. The highest BCUT2D eigenvalue weighted by atomic mass is 16.7. The van der Waals surface area contributed by atoms with Gasteiger partial charge in [-0.25, -0.2) is 0 Å². The van der Waals surface area contributed by atoms with E-state index in [1.807, 2.05) is 0 Å². The summed E-state index contributed by atoms with van der Waals surface area (Å²) in [5, 5.41) is 62.0. The summed E-state index contributed by atoms with van der Waals surface area (Å²) < 4.78 is 10.9. The minimum Gasteiger partial charge on any atom is -0.394 e. The van der Waals surface area contributed by atoms with Crippen LogP contribution in [0.3, 0.4) is 0 Å². The van der Waals surface area contributed by atoms with Crippen molar-refractivity contribution < 1.29 is 44.9 Å². The van der Waals surface area contributed by atoms with Crippen LogP contribution in [0.5, 0.6) is 0 Å². The van der Waals surface area contributed by atoms with Gasteiger partial charge in [0.05, 0.1) is 18.7 Å². The Hall–Kier alpha value is -0.970. The molecule has 0 aromatic rings. The van der Waals surface area contributed by atoms with Crippen molar-refractivity contribution in [1.29, 1.82) is 0 Å². The van der Waals surface area contributed by atoms with Crippen LogP contribution in [-0.2, 0) is 14.3 Å². The smallest absolute Gasteiger partial charge is 0.249 e. The molecule has 13 heteroatoms. The lowest BCUT2D eigenvalue weighted by Crippen LogP contribution is -2.68. The van der Waals surface area contributed by atoms with Crippen LogP contribution in [0.2, 0.25) is 0 Å². The summed E-state index contributed by atoms with van der Waals surface area (Å²) in [5.41, 5.74) is 17.1. The quantitative estimate of drug-likeness (QED) is 0.183. The van der Waals surface area contributed by atoms with Crippen LogP contribution in [0, 0.1) is 0 Å². The fourth-order valence-electron chi connectivity index (χ4n) is 3.53. The average molecular weight is 424 g/mol. The summed E-state index contributed by atoms with van der Waals surface area (Å²) in [6.07, 6.45) is -10.9. The van der Waals surface area contributed by atoms with E-state index in [-0.39, 0.29) is 19.4 Å². The minimum absolute atomic E-state index is 0.000539. The molecule has 1 amide bonds. The van der Waals surface area contributed by atoms with Gasteiger partial charge in [-0.3, -0.25) is 4.79 Å². The third kappa shape index (κ3) is 5.39. The van der Waals surface area contributed by atoms with Crippen LogP contribution in [0.4, 0.5) is 0 Å². The topological polar surface area (TPSA) is 247 Å². The lowest BCUT2D eigenvalue weighted by molar-refractivity contribution is -0.294. The van der Waals surface area contributed by atoms with Crippen LogP contribution >= 0.6 is 0 Å². The van der Waals surface area contributed by atoms with Gasteiger partial charge in [-0.2, -0.15) is 0 Å². The summed E-state index contributed by atoms with van der Waals surface area (Å²) in [6.45, 7) is -0.511. The Labute approximate surface area is 167 Å². The SMILES string of the molecule is NCC[C@H](O)C(=O)N[C@@H]1CC(N)[C@H](O[C@@H]2OC(CO)[C@H](O)[C@H](O)C2N)[C@H](O)C1O. The molecule has 0 aromatic carbocycles. The second-order valence-electron chi connectivity index (χ2n) is 7.47. The number of hydrogen-bond donors (Lipinski definition) is 10. The molecule has 0 aromatic heterocycles. The van der Waals surface area contributed by atoms with E-state index < -0.39 is 79.7 Å². The molecule has 0 bridgehead atoms. The maximum atomic E-state index is 11.9. The first kappa shape index (κ1) is 24.3. The highest BCUT2D eigenvalue weighted by Crippen LogP contribution is 2.27. The molecule has 2 rings (SSSR count). The molecule has 1 aliphatic heterocycles. The maximum Gasteiger partial charge on any atom is 0.249 e. The average Bonchev–Trinajstić information content (AvgIpc) is 2.69. The molecule has 4 unspecified atom stereocenters. The fourth-order valence-corrected chi connectivity index (χ4v) is 3.53. The second-order valence-corrected chi connectivity index (χ2v) is 7.47. The molecular formula is C16H32N4O9. The largest absolute Gasteiger partial charge is 0.394 e. The van der Waals surface area contributed by atoms with E-state index in [0.29, 0.717) is 0 Å². The Morgan fingerprint density at radius 3 is 2.38 bits per heavy atom. The van der Waals surface area contributed by atoms with Gasteiger partial charge in [-0.05, 0) is 19.4 Å². The van der Waals surface area contributed by atoms with E-state index in [4.69, 9.17) is 26.7 Å². The molecule has 2 fully saturated rings. The van der Waals surface area contributed by atoms with Gasteiger partial charge in [0.2, 0.25) is 5.91 Å². The molecule has 1 saturated heterocycles. The Kier molecular flexibility index (Phi) is 8.69. The van der Waals surface area contributed by atoms with E-state index >= 15 is 0 Å². The van der Waals surface area contributed by atoms with Crippen molar-refractivity contribution in [3.05, 3.63) is 0 Å². The van der Waals surface area contributed by atoms with Crippen molar-refractivity contribution in [2.24, 2.45) is 17.2 Å². The van der Waals surface area contributed by atoms with Crippen molar-refractivity contribution in [2.75, 3.05) is 13.2 Å². The van der Waals surface area contributed by atoms with E-state index in [1.54, 1.807) is 0 Å². The Bertz CT molecular complexity index is 543. The first-order valence-corrected chi connectivity index (χ1v) is 9.46. The number of carbonyl (C=O) groups is 1. The van der Waals surface area contributed by atoms with Crippen molar-refractivity contribution in [3.8, 4) is 0 Å². The molecule has 1 saturated carbocycles. The molecule has 2 aliphatic rings. The lowest BCUT2D eigenvalue weighted by Gasteiger charge is -2.46. The summed E-state index contributed by atoms with van der Waals surface area (Å²) in [5.74, 6) is -0.751. The highest BCUT2D eigenvalue weighted by Gasteiger charge is 2.48. The summed E-state index contributed by atoms with van der Waals surface area (Å²) in [7, 11) is 0. The van der Waals surface area contributed by atoms with Gasteiger partial charge in [0.1, 0.15) is 42.7 Å². The van der Waals surface area contributed by atoms with E-state index in [1.165, 1.54) is 0 Å². The molecule has 1 aliphatic carbocycles. The minimum atomic E-state index is -1.55. The zero-order chi connectivity index (χ0) is 21.9. The van der Waals surface area contributed by atoms with E-state index in [2.05, 4.69) is 5.32 Å². The third-order valence-corrected chi connectivity index (χ3v) is 5.34. The molecule has 170 valence electrons. The number of aliphatic hydroxyl groups excluding tert-OH is 6. The summed E-state index contributed by atoms with van der Waals surface area (Å²) in [4.78, 5) is 11.9. The van der Waals surface area contributed by atoms with Gasteiger partial charge in [0.25, 0.3) is 0 Å². The molecule has 29 heavy (non-hydrogen) atoms. The number of hydrogen-bond acceptors (Lipinski definition) is 12. The van der Waals surface area contributed by atoms with Crippen LogP contribution in [0.15, 0.2) is 0 Å². The van der Waals surface area contributed by atoms with Gasteiger partial charge in [-0.1, -0.05) is 0 Å². The van der Waals surface area contributed by atoms with Crippen molar-refractivity contribution in [2.45, 2.75) is 80.0 Å². The summed E-state index contributed by atoms with van der Waals surface area (Å²) >= 11 is 0. The van der Waals surface area contributed by atoms with Crippen LogP contribution in [-0.4, -0.2) is 117 Å². The number of aliphatic hydroxyl groups is 6. The predicted molar refractivity (Wildman–Crippen MR) is 96.8 cm³/mol. The van der Waals surface area contributed by atoms with Crippen LogP contribution in [0.25, 0.3) is 0 Å². The predicted octanol–water partition coefficient (Wildman–Crippen LogP) is -6.21. The van der Waals surface area contributed by atoms with Crippen LogP contribution < -0.4 is 22.5 Å². The van der Waals surface area contributed by atoms with Gasteiger partial charge in [0.15, 0.2) is 6.29 Å². The van der Waals surface area contributed by atoms with Gasteiger partial charge >= 0.3 is 0 Å². The number of carbonyl (C=O) groups excluding carboxylic acids is 1. The molecule has 11 atom stereocenters. The van der Waals surface area contributed by atoms with Crippen LogP contribution in [0.1, 0.15) is 12.8 Å². The number of nitrogens with two attached hydrogens (primary N) is 3. The molecule has 0 radical (unpaired) electrons. The number of ether oxygens (including phenoxy) is 2. The highest BCUT2D eigenvalue weighted by molar-refractivity contribution is 5.80. The Balaban J connectivity index is 2.02. The lowest BCUT2D eigenvalue weighted by atomic mass is 9.84. The monoisotopic (exact) mass is 424 g/mol. The standard InChI is InChI=1S/C16H32N4O9/c17-2-1-7(22)15(27)20-6-3-5(18)14(13(26)10(6)23)29-16-9(19)12(25)11(24)8(4-21)28-16/h5-14,16,21-26H,1-4,17-19H2,(H,20,27)/t5?,6-,7+,8?,9?,10?,11+,12-,13-,14+,16+/m1/s1.